The summed E-state index contributed by atoms with van der Waals surface area (Å²) in [6.07, 6.45) is 5.96. The van der Waals surface area contributed by atoms with E-state index < -0.39 is 0 Å². The quantitative estimate of drug-likeness (QED) is 0.755. The summed E-state index contributed by atoms with van der Waals surface area (Å²) in [5.41, 5.74) is 7.15. The number of hydrogen-bond acceptors (Lipinski definition) is 3. The van der Waals surface area contributed by atoms with Crippen molar-refractivity contribution in [2.45, 2.75) is 78.0 Å². The molecule has 0 fully saturated rings. The molecule has 0 saturated heterocycles. The van der Waals surface area contributed by atoms with E-state index in [4.69, 9.17) is 10.5 Å². The van der Waals surface area contributed by atoms with E-state index in [9.17, 15) is 0 Å². The number of ether oxygens (including phenoxy) is 1. The van der Waals surface area contributed by atoms with E-state index in [-0.39, 0.29) is 11.6 Å². The van der Waals surface area contributed by atoms with Gasteiger partial charge in [-0.1, -0.05) is 20.8 Å². The molecule has 0 amide bonds. The van der Waals surface area contributed by atoms with Crippen LogP contribution >= 0.6 is 0 Å². The van der Waals surface area contributed by atoms with Gasteiger partial charge in [0.05, 0.1) is 17.3 Å². The summed E-state index contributed by atoms with van der Waals surface area (Å²) in [6, 6.07) is 2.54. The van der Waals surface area contributed by atoms with Crippen LogP contribution in [0.3, 0.4) is 0 Å². The van der Waals surface area contributed by atoms with Crippen molar-refractivity contribution in [3.05, 3.63) is 18.0 Å². The molecule has 0 bridgehead atoms. The Kier molecular flexibility index (Phi) is 6.69. The Morgan fingerprint density at radius 1 is 1.30 bits per heavy atom. The number of nitrogens with two attached hydrogens (primary N) is 1. The maximum Gasteiger partial charge on any atom is 0.0805 e. The van der Waals surface area contributed by atoms with Crippen LogP contribution in [0.4, 0.5) is 0 Å². The molecule has 0 saturated carbocycles. The molecular formula is C16H31N3O. The highest BCUT2D eigenvalue weighted by Crippen LogP contribution is 2.22. The second kappa shape index (κ2) is 7.79. The SMILES string of the molecule is CCOC(C)(CC)C(N)Cc1ccn(C(CC)CC)n1. The van der Waals surface area contributed by atoms with Crippen LogP contribution in [0.5, 0.6) is 0 Å². The summed E-state index contributed by atoms with van der Waals surface area (Å²) in [5.74, 6) is 0. The molecule has 2 atom stereocenters. The molecule has 1 rings (SSSR count). The summed E-state index contributed by atoms with van der Waals surface area (Å²) in [6.45, 7) is 11.3. The third-order valence-electron chi connectivity index (χ3n) is 4.37. The Balaban J connectivity index is 2.73. The van der Waals surface area contributed by atoms with Gasteiger partial charge in [-0.25, -0.2) is 0 Å². The van der Waals surface area contributed by atoms with E-state index >= 15 is 0 Å². The van der Waals surface area contributed by atoms with Crippen molar-refractivity contribution < 1.29 is 4.74 Å². The summed E-state index contributed by atoms with van der Waals surface area (Å²) in [4.78, 5) is 0. The van der Waals surface area contributed by atoms with Gasteiger partial charge >= 0.3 is 0 Å². The number of aromatic nitrogens is 2. The Morgan fingerprint density at radius 2 is 1.95 bits per heavy atom. The Labute approximate surface area is 123 Å². The molecule has 4 nitrogen and oxygen atoms in total. The van der Waals surface area contributed by atoms with Gasteiger partial charge in [0.25, 0.3) is 0 Å². The minimum absolute atomic E-state index is 0.0301. The van der Waals surface area contributed by atoms with Gasteiger partial charge in [-0.15, -0.1) is 0 Å². The highest BCUT2D eigenvalue weighted by molar-refractivity contribution is 5.05. The third kappa shape index (κ3) is 4.06. The first-order valence-electron chi connectivity index (χ1n) is 7.94. The summed E-state index contributed by atoms with van der Waals surface area (Å²) in [5, 5.41) is 4.68. The van der Waals surface area contributed by atoms with Crippen LogP contribution in [-0.4, -0.2) is 28.0 Å². The average molecular weight is 281 g/mol. The standard InChI is InChI=1S/C16H31N3O/c1-6-14(7-2)19-11-10-13(18-19)12-15(17)16(5,8-3)20-9-4/h10-11,14-15H,6-9,12,17H2,1-5H3. The second-order valence-electron chi connectivity index (χ2n) is 5.67. The van der Waals surface area contributed by atoms with Crippen molar-refractivity contribution in [1.82, 2.24) is 9.78 Å². The Hall–Kier alpha value is -0.870. The number of nitrogens with zero attached hydrogens (tertiary/aromatic N) is 2. The van der Waals surface area contributed by atoms with Crippen molar-refractivity contribution in [1.29, 1.82) is 0 Å². The minimum atomic E-state index is -0.270. The summed E-state index contributed by atoms with van der Waals surface area (Å²) < 4.78 is 7.93. The molecule has 0 aromatic carbocycles. The molecule has 1 aromatic heterocycles. The minimum Gasteiger partial charge on any atom is -0.374 e. The predicted molar refractivity (Wildman–Crippen MR) is 83.8 cm³/mol. The van der Waals surface area contributed by atoms with Gasteiger partial charge < -0.3 is 10.5 Å². The maximum atomic E-state index is 6.36. The van der Waals surface area contributed by atoms with Crippen molar-refractivity contribution in [3.8, 4) is 0 Å². The van der Waals surface area contributed by atoms with Crippen LogP contribution < -0.4 is 5.73 Å². The van der Waals surface area contributed by atoms with Crippen LogP contribution in [0.25, 0.3) is 0 Å². The zero-order chi connectivity index (χ0) is 15.2. The van der Waals surface area contributed by atoms with Crippen molar-refractivity contribution >= 4 is 0 Å². The zero-order valence-corrected chi connectivity index (χ0v) is 13.7. The fraction of sp³-hybridized carbons (Fsp3) is 0.812. The van der Waals surface area contributed by atoms with E-state index in [0.717, 1.165) is 31.4 Å². The van der Waals surface area contributed by atoms with Crippen LogP contribution in [0, 0.1) is 0 Å². The molecule has 0 aliphatic heterocycles. The van der Waals surface area contributed by atoms with Gasteiger partial charge in [0.15, 0.2) is 0 Å². The monoisotopic (exact) mass is 281 g/mol. The lowest BCUT2D eigenvalue weighted by Gasteiger charge is -2.34. The van der Waals surface area contributed by atoms with Crippen LogP contribution in [0.15, 0.2) is 12.3 Å². The average Bonchev–Trinajstić information content (AvgIpc) is 2.88. The van der Waals surface area contributed by atoms with Crippen molar-refractivity contribution in [2.75, 3.05) is 6.61 Å². The fourth-order valence-corrected chi connectivity index (χ4v) is 2.59. The Bertz CT molecular complexity index is 387. The lowest BCUT2D eigenvalue weighted by Crippen LogP contribution is -2.48. The van der Waals surface area contributed by atoms with Gasteiger partial charge in [0.1, 0.15) is 0 Å². The van der Waals surface area contributed by atoms with Crippen molar-refractivity contribution in [3.63, 3.8) is 0 Å². The molecule has 0 spiro atoms. The smallest absolute Gasteiger partial charge is 0.0805 e. The predicted octanol–water partition coefficient (Wildman–Crippen LogP) is 3.32. The summed E-state index contributed by atoms with van der Waals surface area (Å²) >= 11 is 0. The van der Waals surface area contributed by atoms with Gasteiger partial charge in [0, 0.05) is 25.3 Å². The fourth-order valence-electron chi connectivity index (χ4n) is 2.59. The van der Waals surface area contributed by atoms with Crippen LogP contribution in [0.1, 0.15) is 65.6 Å². The number of rotatable bonds is 9. The van der Waals surface area contributed by atoms with E-state index in [0.29, 0.717) is 12.6 Å². The first-order valence-corrected chi connectivity index (χ1v) is 7.94. The van der Waals surface area contributed by atoms with Crippen LogP contribution in [-0.2, 0) is 11.2 Å². The molecule has 2 N–H and O–H groups in total. The van der Waals surface area contributed by atoms with Gasteiger partial charge in [-0.3, -0.25) is 4.68 Å². The van der Waals surface area contributed by atoms with Gasteiger partial charge in [0.2, 0.25) is 0 Å². The largest absolute Gasteiger partial charge is 0.374 e. The second-order valence-corrected chi connectivity index (χ2v) is 5.67. The molecule has 1 heterocycles. The molecular weight excluding hydrogens is 250 g/mol. The molecule has 0 radical (unpaired) electrons. The van der Waals surface area contributed by atoms with Crippen molar-refractivity contribution in [2.24, 2.45) is 5.73 Å². The summed E-state index contributed by atoms with van der Waals surface area (Å²) in [7, 11) is 0. The lowest BCUT2D eigenvalue weighted by atomic mass is 9.90. The molecule has 116 valence electrons. The molecule has 4 heteroatoms. The van der Waals surface area contributed by atoms with E-state index in [1.165, 1.54) is 0 Å². The molecule has 0 aliphatic rings. The van der Waals surface area contributed by atoms with E-state index in [1.807, 2.05) is 6.92 Å². The van der Waals surface area contributed by atoms with Crippen LogP contribution in [0.2, 0.25) is 0 Å². The lowest BCUT2D eigenvalue weighted by molar-refractivity contribution is -0.0463. The molecule has 1 aromatic rings. The molecule has 20 heavy (non-hydrogen) atoms. The highest BCUT2D eigenvalue weighted by Gasteiger charge is 2.31. The van der Waals surface area contributed by atoms with Gasteiger partial charge in [-0.05, 0) is 39.2 Å². The first kappa shape index (κ1) is 17.2. The van der Waals surface area contributed by atoms with E-state index in [1.54, 1.807) is 0 Å². The highest BCUT2D eigenvalue weighted by atomic mass is 16.5. The number of hydrogen-bond donors (Lipinski definition) is 1. The molecule has 0 aliphatic carbocycles. The first-order chi connectivity index (χ1) is 9.50. The molecule has 2 unspecified atom stereocenters. The van der Waals surface area contributed by atoms with E-state index in [2.05, 4.69) is 49.7 Å². The normalized spacial score (nSPS) is 16.4. The van der Waals surface area contributed by atoms with Gasteiger partial charge in [-0.2, -0.15) is 5.10 Å². The third-order valence-corrected chi connectivity index (χ3v) is 4.37. The Morgan fingerprint density at radius 3 is 2.45 bits per heavy atom. The topological polar surface area (TPSA) is 53.1 Å². The maximum absolute atomic E-state index is 6.36. The zero-order valence-electron chi connectivity index (χ0n) is 13.7.